The van der Waals surface area contributed by atoms with Crippen molar-refractivity contribution >= 4 is 24.1 Å². The molecule has 0 spiro atoms. The molecule has 1 atom stereocenters. The maximum atomic E-state index is 12.1. The maximum Gasteiger partial charge on any atom is 0.407 e. The number of carbonyl (C=O) groups excluding carboxylic acids is 3. The highest BCUT2D eigenvalue weighted by atomic mass is 16.6. The number of benzene rings is 2. The Balaban J connectivity index is 1.52. The van der Waals surface area contributed by atoms with E-state index >= 15 is 0 Å². The Kier molecular flexibility index (Phi) is 12.9. The van der Waals surface area contributed by atoms with Crippen LogP contribution in [0.2, 0.25) is 0 Å². The highest BCUT2D eigenvalue weighted by Gasteiger charge is 2.19. The van der Waals surface area contributed by atoms with Crippen molar-refractivity contribution in [1.82, 2.24) is 16.0 Å². The van der Waals surface area contributed by atoms with Crippen LogP contribution in [0, 0.1) is 0 Å². The molecule has 0 saturated carbocycles. The van der Waals surface area contributed by atoms with E-state index in [2.05, 4.69) is 16.0 Å². The highest BCUT2D eigenvalue weighted by Crippen LogP contribution is 2.04. The van der Waals surface area contributed by atoms with E-state index in [9.17, 15) is 24.3 Å². The molecule has 2 aromatic rings. The summed E-state index contributed by atoms with van der Waals surface area (Å²) in [7, 11) is 0. The monoisotopic (exact) mass is 499 g/mol. The van der Waals surface area contributed by atoms with Crippen LogP contribution in [-0.4, -0.2) is 48.3 Å². The molecule has 4 N–H and O–H groups in total. The number of alkyl carbamates (subject to hydrolysis) is 2. The standard InChI is InChI=1S/C26H33N3O7/c30-23(15-9-17-28-26(34)36-19-21-12-5-2-6-13-21)29-22(24(31)32)14-7-8-16-27-25(33)35-18-20-10-3-1-4-11-20/h1-6,10-13,22H,7-9,14-19H2,(H,27,33)(H,28,34)(H,29,30)(H,31,32)/t22-/m0/s1. The lowest BCUT2D eigenvalue weighted by molar-refractivity contribution is -0.142. The third-order valence-electron chi connectivity index (χ3n) is 5.10. The Morgan fingerprint density at radius 2 is 1.22 bits per heavy atom. The lowest BCUT2D eigenvalue weighted by Gasteiger charge is -2.15. The molecule has 10 nitrogen and oxygen atoms in total. The molecule has 10 heteroatoms. The highest BCUT2D eigenvalue weighted by molar-refractivity contribution is 5.83. The number of unbranched alkanes of at least 4 members (excludes halogenated alkanes) is 1. The Labute approximate surface area is 210 Å². The lowest BCUT2D eigenvalue weighted by Crippen LogP contribution is -2.41. The molecular formula is C26H33N3O7. The van der Waals surface area contributed by atoms with E-state index in [-0.39, 0.29) is 32.6 Å². The average molecular weight is 500 g/mol. The van der Waals surface area contributed by atoms with Gasteiger partial charge in [0, 0.05) is 19.5 Å². The van der Waals surface area contributed by atoms with Crippen LogP contribution in [0.25, 0.3) is 0 Å². The molecule has 0 aliphatic carbocycles. The van der Waals surface area contributed by atoms with Crippen LogP contribution < -0.4 is 16.0 Å². The van der Waals surface area contributed by atoms with Gasteiger partial charge in [0.2, 0.25) is 5.91 Å². The van der Waals surface area contributed by atoms with Crippen molar-refractivity contribution in [2.75, 3.05) is 13.1 Å². The molecule has 0 aromatic heterocycles. The van der Waals surface area contributed by atoms with Gasteiger partial charge in [-0.2, -0.15) is 0 Å². The van der Waals surface area contributed by atoms with Gasteiger partial charge in [-0.1, -0.05) is 60.7 Å². The van der Waals surface area contributed by atoms with E-state index in [1.54, 1.807) is 0 Å². The molecule has 0 fully saturated rings. The fourth-order valence-corrected chi connectivity index (χ4v) is 3.18. The number of nitrogens with one attached hydrogen (secondary N) is 3. The van der Waals surface area contributed by atoms with Gasteiger partial charge in [-0.3, -0.25) is 4.79 Å². The van der Waals surface area contributed by atoms with Gasteiger partial charge in [-0.05, 0) is 36.8 Å². The molecule has 194 valence electrons. The van der Waals surface area contributed by atoms with Gasteiger partial charge in [0.1, 0.15) is 19.3 Å². The summed E-state index contributed by atoms with van der Waals surface area (Å²) in [5.74, 6) is -1.54. The van der Waals surface area contributed by atoms with E-state index in [1.807, 2.05) is 60.7 Å². The summed E-state index contributed by atoms with van der Waals surface area (Å²) in [4.78, 5) is 47.0. The lowest BCUT2D eigenvalue weighted by atomic mass is 10.1. The van der Waals surface area contributed by atoms with Crippen LogP contribution in [0.15, 0.2) is 60.7 Å². The number of carboxylic acids is 1. The molecule has 2 aromatic carbocycles. The van der Waals surface area contributed by atoms with Gasteiger partial charge >= 0.3 is 18.2 Å². The third kappa shape index (κ3) is 12.4. The number of ether oxygens (including phenoxy) is 2. The second-order valence-electron chi connectivity index (χ2n) is 8.03. The first-order valence-electron chi connectivity index (χ1n) is 11.9. The molecule has 0 saturated heterocycles. The number of hydrogen-bond donors (Lipinski definition) is 4. The zero-order valence-corrected chi connectivity index (χ0v) is 20.1. The van der Waals surface area contributed by atoms with Crippen molar-refractivity contribution in [3.63, 3.8) is 0 Å². The summed E-state index contributed by atoms with van der Waals surface area (Å²) in [6.07, 6.45) is 0.539. The number of amides is 3. The first kappa shape index (κ1) is 28.2. The molecule has 0 heterocycles. The number of carboxylic acid groups (broad SMARTS) is 1. The van der Waals surface area contributed by atoms with Crippen LogP contribution >= 0.6 is 0 Å². The molecule has 0 radical (unpaired) electrons. The van der Waals surface area contributed by atoms with Crippen LogP contribution in [-0.2, 0) is 32.3 Å². The largest absolute Gasteiger partial charge is 0.480 e. The Hall–Kier alpha value is -4.08. The molecule has 36 heavy (non-hydrogen) atoms. The molecule has 2 rings (SSSR count). The normalized spacial score (nSPS) is 11.1. The molecule has 0 aliphatic rings. The fourth-order valence-electron chi connectivity index (χ4n) is 3.18. The smallest absolute Gasteiger partial charge is 0.407 e. The van der Waals surface area contributed by atoms with Gasteiger partial charge in [0.15, 0.2) is 0 Å². The van der Waals surface area contributed by atoms with Crippen molar-refractivity contribution in [3.05, 3.63) is 71.8 Å². The molecular weight excluding hydrogens is 466 g/mol. The SMILES string of the molecule is O=C(CCCNC(=O)OCc1ccccc1)N[C@@H](CCCCNC(=O)OCc1ccccc1)C(=O)O. The van der Waals surface area contributed by atoms with E-state index < -0.39 is 30.1 Å². The van der Waals surface area contributed by atoms with Crippen LogP contribution in [0.3, 0.4) is 0 Å². The number of carbonyl (C=O) groups is 4. The first-order chi connectivity index (χ1) is 17.4. The Morgan fingerprint density at radius 3 is 1.72 bits per heavy atom. The molecule has 0 bridgehead atoms. The number of aliphatic carboxylic acids is 1. The predicted octanol–water partition coefficient (Wildman–Crippen LogP) is 3.36. The van der Waals surface area contributed by atoms with Crippen molar-refractivity contribution in [3.8, 4) is 0 Å². The van der Waals surface area contributed by atoms with E-state index in [1.165, 1.54) is 0 Å². The second kappa shape index (κ2) is 16.5. The minimum Gasteiger partial charge on any atom is -0.480 e. The fraction of sp³-hybridized carbons (Fsp3) is 0.385. The average Bonchev–Trinajstić information content (AvgIpc) is 2.89. The number of rotatable bonds is 15. The second-order valence-corrected chi connectivity index (χ2v) is 8.03. The van der Waals surface area contributed by atoms with E-state index in [0.29, 0.717) is 25.8 Å². The quantitative estimate of drug-likeness (QED) is 0.275. The van der Waals surface area contributed by atoms with Crippen LogP contribution in [0.4, 0.5) is 9.59 Å². The van der Waals surface area contributed by atoms with Crippen molar-refractivity contribution < 1.29 is 33.8 Å². The Bertz CT molecular complexity index is 955. The zero-order chi connectivity index (χ0) is 26.0. The first-order valence-corrected chi connectivity index (χ1v) is 11.9. The van der Waals surface area contributed by atoms with Crippen molar-refractivity contribution in [2.24, 2.45) is 0 Å². The van der Waals surface area contributed by atoms with Crippen LogP contribution in [0.1, 0.15) is 43.2 Å². The summed E-state index contributed by atoms with van der Waals surface area (Å²) >= 11 is 0. The Morgan fingerprint density at radius 1 is 0.722 bits per heavy atom. The van der Waals surface area contributed by atoms with Crippen molar-refractivity contribution in [2.45, 2.75) is 51.4 Å². The predicted molar refractivity (Wildman–Crippen MR) is 132 cm³/mol. The minimum absolute atomic E-state index is 0.0670. The summed E-state index contributed by atoms with van der Waals surface area (Å²) in [5.41, 5.74) is 1.75. The summed E-state index contributed by atoms with van der Waals surface area (Å²) in [5, 5.41) is 17.0. The zero-order valence-electron chi connectivity index (χ0n) is 20.1. The molecule has 0 aliphatic heterocycles. The van der Waals surface area contributed by atoms with Gasteiger partial charge in [-0.15, -0.1) is 0 Å². The minimum atomic E-state index is -1.12. The summed E-state index contributed by atoms with van der Waals surface area (Å²) in [6.45, 7) is 0.882. The molecule has 0 unspecified atom stereocenters. The van der Waals surface area contributed by atoms with Crippen LogP contribution in [0.5, 0.6) is 0 Å². The van der Waals surface area contributed by atoms with E-state index in [0.717, 1.165) is 11.1 Å². The summed E-state index contributed by atoms with van der Waals surface area (Å²) in [6, 6.07) is 17.5. The number of hydrogen-bond acceptors (Lipinski definition) is 6. The van der Waals surface area contributed by atoms with Gasteiger partial charge in [-0.25, -0.2) is 14.4 Å². The summed E-state index contributed by atoms with van der Waals surface area (Å²) < 4.78 is 10.2. The maximum absolute atomic E-state index is 12.1. The van der Waals surface area contributed by atoms with Crippen molar-refractivity contribution in [1.29, 1.82) is 0 Å². The third-order valence-corrected chi connectivity index (χ3v) is 5.10. The van der Waals surface area contributed by atoms with Gasteiger partial charge < -0.3 is 30.5 Å². The van der Waals surface area contributed by atoms with E-state index in [4.69, 9.17) is 9.47 Å². The molecule has 3 amide bonds. The topological polar surface area (TPSA) is 143 Å². The van der Waals surface area contributed by atoms with Gasteiger partial charge in [0.05, 0.1) is 0 Å². The van der Waals surface area contributed by atoms with Gasteiger partial charge in [0.25, 0.3) is 0 Å².